The van der Waals surface area contributed by atoms with E-state index in [4.69, 9.17) is 0 Å². The molecule has 3 aromatic rings. The summed E-state index contributed by atoms with van der Waals surface area (Å²) in [6.07, 6.45) is 8.26. The van der Waals surface area contributed by atoms with Gasteiger partial charge in [-0.2, -0.15) is 0 Å². The number of aromatic nitrogens is 3. The van der Waals surface area contributed by atoms with Gasteiger partial charge in [-0.25, -0.2) is 0 Å². The number of nitrogens with zero attached hydrogens (tertiary/aromatic N) is 3. The van der Waals surface area contributed by atoms with Crippen molar-refractivity contribution in [3.05, 3.63) is 83.4 Å². The minimum atomic E-state index is 0.993. The van der Waals surface area contributed by atoms with E-state index in [-0.39, 0.29) is 0 Å². The largest absolute Gasteiger partial charge is 0.311 e. The lowest BCUT2D eigenvalue weighted by atomic mass is 10.0. The van der Waals surface area contributed by atoms with Gasteiger partial charge in [0.05, 0.1) is 0 Å². The molecule has 1 aliphatic heterocycles. The molecule has 4 rings (SSSR count). The fraction of sp³-hybridized carbons (Fsp3) is 0.273. The van der Waals surface area contributed by atoms with E-state index in [2.05, 4.69) is 75.4 Å². The second-order valence-electron chi connectivity index (χ2n) is 6.59. The van der Waals surface area contributed by atoms with Crippen LogP contribution >= 0.6 is 0 Å². The van der Waals surface area contributed by atoms with Crippen LogP contribution < -0.4 is 0 Å². The highest BCUT2D eigenvalue weighted by molar-refractivity contribution is 5.89. The van der Waals surface area contributed by atoms with Gasteiger partial charge in [0, 0.05) is 18.5 Å². The first-order chi connectivity index (χ1) is 12.4. The van der Waals surface area contributed by atoms with Crippen LogP contribution in [0.15, 0.2) is 60.7 Å². The summed E-state index contributed by atoms with van der Waals surface area (Å²) in [5.41, 5.74) is 3.51. The Balaban J connectivity index is 1.83. The Morgan fingerprint density at radius 3 is 2.32 bits per heavy atom. The Morgan fingerprint density at radius 2 is 1.52 bits per heavy atom. The van der Waals surface area contributed by atoms with Crippen LogP contribution in [0.25, 0.3) is 11.6 Å². The maximum Gasteiger partial charge on any atom is 0.164 e. The van der Waals surface area contributed by atoms with E-state index >= 15 is 0 Å². The van der Waals surface area contributed by atoms with Crippen LogP contribution in [0.3, 0.4) is 0 Å². The van der Waals surface area contributed by atoms with E-state index in [1.54, 1.807) is 0 Å². The smallest absolute Gasteiger partial charge is 0.164 e. The average Bonchev–Trinajstić information content (AvgIpc) is 3.02. The van der Waals surface area contributed by atoms with Crippen LogP contribution in [-0.2, 0) is 13.0 Å². The molecule has 0 aliphatic carbocycles. The minimum absolute atomic E-state index is 0.993. The molecule has 25 heavy (non-hydrogen) atoms. The van der Waals surface area contributed by atoms with Crippen molar-refractivity contribution >= 4 is 11.6 Å². The second-order valence-corrected chi connectivity index (χ2v) is 6.59. The summed E-state index contributed by atoms with van der Waals surface area (Å²) in [5, 5.41) is 9.12. The van der Waals surface area contributed by atoms with E-state index in [9.17, 15) is 0 Å². The first kappa shape index (κ1) is 15.8. The van der Waals surface area contributed by atoms with E-state index < -0.39 is 0 Å². The standard InChI is InChI=1S/C22H23N3/c1-2-10-16-25-21(15-9-1)23-24-22(25)20(19-13-7-4-8-14-19)17-18-11-5-3-6-12-18/h3-8,11-14,17H,1-2,9-10,15-16H2/b20-17-. The third-order valence-corrected chi connectivity index (χ3v) is 4.80. The first-order valence-corrected chi connectivity index (χ1v) is 9.16. The molecular formula is C22H23N3. The first-order valence-electron chi connectivity index (χ1n) is 9.16. The van der Waals surface area contributed by atoms with Crippen LogP contribution in [-0.4, -0.2) is 14.8 Å². The third kappa shape index (κ3) is 3.55. The Labute approximate surface area is 149 Å². The summed E-state index contributed by atoms with van der Waals surface area (Å²) >= 11 is 0. The number of hydrogen-bond donors (Lipinski definition) is 0. The van der Waals surface area contributed by atoms with Gasteiger partial charge < -0.3 is 4.57 Å². The molecule has 0 amide bonds. The minimum Gasteiger partial charge on any atom is -0.311 e. The Morgan fingerprint density at radius 1 is 0.800 bits per heavy atom. The molecule has 3 heteroatoms. The number of fused-ring (bicyclic) bond motifs is 1. The van der Waals surface area contributed by atoms with Gasteiger partial charge in [-0.05, 0) is 30.0 Å². The maximum atomic E-state index is 4.60. The van der Waals surface area contributed by atoms with Gasteiger partial charge in [-0.3, -0.25) is 0 Å². The zero-order valence-corrected chi connectivity index (χ0v) is 14.4. The summed E-state index contributed by atoms with van der Waals surface area (Å²) in [4.78, 5) is 0. The van der Waals surface area contributed by atoms with E-state index in [0.29, 0.717) is 0 Å². The predicted octanol–water partition coefficient (Wildman–Crippen LogP) is 4.98. The normalized spacial score (nSPS) is 15.3. The van der Waals surface area contributed by atoms with Crippen molar-refractivity contribution < 1.29 is 0 Å². The van der Waals surface area contributed by atoms with E-state index in [1.807, 2.05) is 6.07 Å². The molecule has 0 unspecified atom stereocenters. The summed E-state index contributed by atoms with van der Waals surface area (Å²) in [5.74, 6) is 2.12. The quantitative estimate of drug-likeness (QED) is 0.634. The van der Waals surface area contributed by atoms with Gasteiger partial charge in [0.25, 0.3) is 0 Å². The van der Waals surface area contributed by atoms with Crippen LogP contribution in [0.1, 0.15) is 48.5 Å². The average molecular weight is 329 g/mol. The van der Waals surface area contributed by atoms with Crippen molar-refractivity contribution in [1.82, 2.24) is 14.8 Å². The summed E-state index contributed by atoms with van der Waals surface area (Å²) < 4.78 is 2.33. The van der Waals surface area contributed by atoms with Crippen molar-refractivity contribution in [2.75, 3.05) is 0 Å². The Hall–Kier alpha value is -2.68. The molecule has 0 saturated carbocycles. The van der Waals surface area contributed by atoms with Crippen LogP contribution in [0.5, 0.6) is 0 Å². The number of aryl methyl sites for hydroxylation is 1. The van der Waals surface area contributed by atoms with Crippen molar-refractivity contribution in [3.8, 4) is 0 Å². The molecule has 0 N–H and O–H groups in total. The number of benzene rings is 2. The fourth-order valence-corrected chi connectivity index (χ4v) is 3.47. The van der Waals surface area contributed by atoms with Crippen molar-refractivity contribution in [2.45, 2.75) is 38.6 Å². The van der Waals surface area contributed by atoms with E-state index in [0.717, 1.165) is 30.2 Å². The lowest BCUT2D eigenvalue weighted by Crippen LogP contribution is -2.10. The SMILES string of the molecule is C(=C(\c1ccccc1)c1nnc2n1CCCCCC2)/c1ccccc1. The Bertz CT molecular complexity index is 847. The second kappa shape index (κ2) is 7.47. The molecule has 0 bridgehead atoms. The molecule has 1 aliphatic rings. The summed E-state index contributed by atoms with van der Waals surface area (Å²) in [7, 11) is 0. The highest BCUT2D eigenvalue weighted by Gasteiger charge is 2.18. The molecule has 126 valence electrons. The summed E-state index contributed by atoms with van der Waals surface area (Å²) in [6.45, 7) is 1.01. The zero-order chi connectivity index (χ0) is 16.9. The lowest BCUT2D eigenvalue weighted by molar-refractivity contribution is 0.513. The molecule has 0 spiro atoms. The fourth-order valence-electron chi connectivity index (χ4n) is 3.47. The molecule has 0 radical (unpaired) electrons. The Kier molecular flexibility index (Phi) is 4.73. The third-order valence-electron chi connectivity index (χ3n) is 4.80. The van der Waals surface area contributed by atoms with Gasteiger partial charge in [0.2, 0.25) is 0 Å². The predicted molar refractivity (Wildman–Crippen MR) is 102 cm³/mol. The van der Waals surface area contributed by atoms with Crippen LogP contribution in [0.4, 0.5) is 0 Å². The van der Waals surface area contributed by atoms with Gasteiger partial charge >= 0.3 is 0 Å². The van der Waals surface area contributed by atoms with Gasteiger partial charge in [0.15, 0.2) is 5.82 Å². The molecule has 0 saturated heterocycles. The van der Waals surface area contributed by atoms with Gasteiger partial charge in [0.1, 0.15) is 5.82 Å². The zero-order valence-electron chi connectivity index (χ0n) is 14.4. The molecule has 0 fully saturated rings. The highest BCUT2D eigenvalue weighted by Crippen LogP contribution is 2.27. The highest BCUT2D eigenvalue weighted by atomic mass is 15.3. The van der Waals surface area contributed by atoms with Crippen LogP contribution in [0, 0.1) is 0 Å². The van der Waals surface area contributed by atoms with Crippen LogP contribution in [0.2, 0.25) is 0 Å². The topological polar surface area (TPSA) is 30.7 Å². The molecule has 0 atom stereocenters. The summed E-state index contributed by atoms with van der Waals surface area (Å²) in [6, 6.07) is 21.0. The van der Waals surface area contributed by atoms with E-state index in [1.165, 1.54) is 36.8 Å². The number of rotatable bonds is 3. The van der Waals surface area contributed by atoms with Crippen molar-refractivity contribution in [3.63, 3.8) is 0 Å². The maximum absolute atomic E-state index is 4.60. The molecule has 2 heterocycles. The molecule has 1 aromatic heterocycles. The van der Waals surface area contributed by atoms with Gasteiger partial charge in [-0.15, -0.1) is 10.2 Å². The molecule has 3 nitrogen and oxygen atoms in total. The van der Waals surface area contributed by atoms with Crippen molar-refractivity contribution in [1.29, 1.82) is 0 Å². The molecule has 2 aromatic carbocycles. The molecular weight excluding hydrogens is 306 g/mol. The number of hydrogen-bond acceptors (Lipinski definition) is 2. The monoisotopic (exact) mass is 329 g/mol. The van der Waals surface area contributed by atoms with Crippen molar-refractivity contribution in [2.24, 2.45) is 0 Å². The van der Waals surface area contributed by atoms with Gasteiger partial charge in [-0.1, -0.05) is 73.5 Å². The lowest BCUT2D eigenvalue weighted by Gasteiger charge is -2.15.